The highest BCUT2D eigenvalue weighted by atomic mass is 32.1. The quantitative estimate of drug-likeness (QED) is 0.890. The summed E-state index contributed by atoms with van der Waals surface area (Å²) < 4.78 is 11.2. The molecule has 1 atom stereocenters. The molecule has 2 heterocycles. The van der Waals surface area contributed by atoms with Crippen molar-refractivity contribution >= 4 is 17.2 Å². The fourth-order valence-corrected chi connectivity index (χ4v) is 2.99. The van der Waals surface area contributed by atoms with E-state index in [9.17, 15) is 4.79 Å². The number of ether oxygens (including phenoxy) is 2. The highest BCUT2D eigenvalue weighted by molar-refractivity contribution is 7.09. The fourth-order valence-electron chi connectivity index (χ4n) is 2.35. The maximum atomic E-state index is 12.1. The van der Waals surface area contributed by atoms with Gasteiger partial charge in [-0.2, -0.15) is 0 Å². The maximum absolute atomic E-state index is 12.1. The number of nitrogens with one attached hydrogen (secondary N) is 1. The number of carbonyl (C=O) groups is 1. The molecule has 1 saturated heterocycles. The lowest BCUT2D eigenvalue weighted by Gasteiger charge is -2.11. The minimum absolute atomic E-state index is 0.0703. The number of carbonyl (C=O) groups excluding carboxylic acids is 1. The minimum Gasteiger partial charge on any atom is -0.491 e. The van der Waals surface area contributed by atoms with Gasteiger partial charge in [0.1, 0.15) is 12.4 Å². The van der Waals surface area contributed by atoms with Crippen molar-refractivity contribution in [1.29, 1.82) is 0 Å². The summed E-state index contributed by atoms with van der Waals surface area (Å²) in [6, 6.07) is 11.2. The van der Waals surface area contributed by atoms with Crippen molar-refractivity contribution in [1.82, 2.24) is 5.32 Å². The van der Waals surface area contributed by atoms with Crippen molar-refractivity contribution in [3.8, 4) is 5.75 Å². The molecule has 0 spiro atoms. The third kappa shape index (κ3) is 4.08. The van der Waals surface area contributed by atoms with Crippen LogP contribution in [0.2, 0.25) is 0 Å². The number of rotatable bonds is 6. The Kier molecular flexibility index (Phi) is 5.08. The highest BCUT2D eigenvalue weighted by Gasteiger charge is 2.16. The molecule has 1 amide bonds. The first-order chi connectivity index (χ1) is 10.8. The van der Waals surface area contributed by atoms with Gasteiger partial charge in [0.15, 0.2) is 0 Å². The lowest BCUT2D eigenvalue weighted by Crippen LogP contribution is -2.22. The van der Waals surface area contributed by atoms with Gasteiger partial charge in [-0.05, 0) is 48.6 Å². The van der Waals surface area contributed by atoms with Gasteiger partial charge in [-0.1, -0.05) is 6.07 Å². The molecule has 1 aliphatic rings. The summed E-state index contributed by atoms with van der Waals surface area (Å²) in [6.45, 7) is 1.97. The van der Waals surface area contributed by atoms with E-state index in [1.54, 1.807) is 23.5 Å². The summed E-state index contributed by atoms with van der Waals surface area (Å²) >= 11 is 1.63. The number of amides is 1. The van der Waals surface area contributed by atoms with E-state index < -0.39 is 0 Å². The third-order valence-electron chi connectivity index (χ3n) is 3.58. The van der Waals surface area contributed by atoms with Gasteiger partial charge in [-0.3, -0.25) is 4.79 Å². The Morgan fingerprint density at radius 1 is 1.32 bits per heavy atom. The number of hydrogen-bond donors (Lipinski definition) is 1. The first-order valence-corrected chi connectivity index (χ1v) is 8.34. The van der Waals surface area contributed by atoms with Crippen molar-refractivity contribution in [2.45, 2.75) is 25.5 Å². The Bertz CT molecular complexity index is 589. The van der Waals surface area contributed by atoms with Crippen molar-refractivity contribution in [2.24, 2.45) is 0 Å². The van der Waals surface area contributed by atoms with E-state index in [0.717, 1.165) is 30.1 Å². The van der Waals surface area contributed by atoms with Crippen molar-refractivity contribution in [3.63, 3.8) is 0 Å². The zero-order chi connectivity index (χ0) is 15.2. The third-order valence-corrected chi connectivity index (χ3v) is 4.46. The first-order valence-electron chi connectivity index (χ1n) is 7.46. The molecule has 0 unspecified atom stereocenters. The van der Waals surface area contributed by atoms with E-state index in [1.807, 2.05) is 29.6 Å². The number of hydrogen-bond acceptors (Lipinski definition) is 4. The van der Waals surface area contributed by atoms with Crippen LogP contribution in [0.15, 0.2) is 41.8 Å². The molecule has 0 bridgehead atoms. The highest BCUT2D eigenvalue weighted by Crippen LogP contribution is 2.17. The van der Waals surface area contributed by atoms with Crippen molar-refractivity contribution in [3.05, 3.63) is 52.2 Å². The topological polar surface area (TPSA) is 47.6 Å². The molecular weight excluding hydrogens is 298 g/mol. The molecule has 22 heavy (non-hydrogen) atoms. The van der Waals surface area contributed by atoms with Gasteiger partial charge in [-0.15, -0.1) is 11.3 Å². The van der Waals surface area contributed by atoms with Crippen LogP contribution in [-0.2, 0) is 11.3 Å². The van der Waals surface area contributed by atoms with Crippen LogP contribution < -0.4 is 10.1 Å². The molecule has 1 fully saturated rings. The summed E-state index contributed by atoms with van der Waals surface area (Å²) in [5.41, 5.74) is 0.640. The molecule has 3 rings (SSSR count). The van der Waals surface area contributed by atoms with Crippen LogP contribution in [0.4, 0.5) is 0 Å². The zero-order valence-corrected chi connectivity index (χ0v) is 13.1. The van der Waals surface area contributed by atoms with E-state index in [-0.39, 0.29) is 12.0 Å². The Morgan fingerprint density at radius 2 is 2.18 bits per heavy atom. The Labute approximate surface area is 134 Å². The molecule has 116 valence electrons. The maximum Gasteiger partial charge on any atom is 0.251 e. The monoisotopic (exact) mass is 317 g/mol. The van der Waals surface area contributed by atoms with Crippen LogP contribution in [0.5, 0.6) is 5.75 Å². The van der Waals surface area contributed by atoms with Gasteiger partial charge in [0.05, 0.1) is 12.6 Å². The summed E-state index contributed by atoms with van der Waals surface area (Å²) in [5.74, 6) is 0.699. The molecule has 0 radical (unpaired) electrons. The van der Waals surface area contributed by atoms with Crippen LogP contribution >= 0.6 is 11.3 Å². The Hall–Kier alpha value is -1.85. The lowest BCUT2D eigenvalue weighted by atomic mass is 10.2. The molecule has 2 aromatic rings. The first kappa shape index (κ1) is 15.1. The largest absolute Gasteiger partial charge is 0.491 e. The summed E-state index contributed by atoms with van der Waals surface area (Å²) in [4.78, 5) is 13.2. The average Bonchev–Trinajstić information content (AvgIpc) is 3.24. The van der Waals surface area contributed by atoms with Crippen LogP contribution in [-0.4, -0.2) is 25.2 Å². The van der Waals surface area contributed by atoms with Crippen LogP contribution in [0.25, 0.3) is 0 Å². The summed E-state index contributed by atoms with van der Waals surface area (Å²) in [6.07, 6.45) is 2.37. The number of thiophene rings is 1. The van der Waals surface area contributed by atoms with Gasteiger partial charge < -0.3 is 14.8 Å². The Morgan fingerprint density at radius 3 is 2.86 bits per heavy atom. The van der Waals surface area contributed by atoms with Crippen molar-refractivity contribution in [2.75, 3.05) is 13.2 Å². The van der Waals surface area contributed by atoms with E-state index in [2.05, 4.69) is 5.32 Å². The molecule has 5 heteroatoms. The zero-order valence-electron chi connectivity index (χ0n) is 12.3. The molecule has 0 saturated carbocycles. The second-order valence-electron chi connectivity index (χ2n) is 5.23. The predicted octanol–water partition coefficient (Wildman–Crippen LogP) is 3.24. The number of benzene rings is 1. The normalized spacial score (nSPS) is 17.4. The summed E-state index contributed by atoms with van der Waals surface area (Å²) in [7, 11) is 0. The molecule has 4 nitrogen and oxygen atoms in total. The van der Waals surface area contributed by atoms with Gasteiger partial charge in [0.25, 0.3) is 5.91 Å². The molecule has 1 aliphatic heterocycles. The molecular formula is C17H19NO3S. The fraction of sp³-hybridized carbons (Fsp3) is 0.353. The van der Waals surface area contributed by atoms with Crippen LogP contribution in [0.3, 0.4) is 0 Å². The Balaban J connectivity index is 1.48. The molecule has 0 aliphatic carbocycles. The van der Waals surface area contributed by atoms with E-state index in [1.165, 1.54) is 0 Å². The molecule has 1 aromatic heterocycles. The summed E-state index contributed by atoms with van der Waals surface area (Å²) in [5, 5.41) is 4.91. The van der Waals surface area contributed by atoms with Crippen molar-refractivity contribution < 1.29 is 14.3 Å². The SMILES string of the molecule is O=C(NCc1cccs1)c1ccc(OC[C@@H]2CCCO2)cc1. The smallest absolute Gasteiger partial charge is 0.251 e. The second-order valence-corrected chi connectivity index (χ2v) is 6.26. The second kappa shape index (κ2) is 7.42. The van der Waals surface area contributed by atoms with Gasteiger partial charge in [-0.25, -0.2) is 0 Å². The van der Waals surface area contributed by atoms with E-state index in [0.29, 0.717) is 18.7 Å². The minimum atomic E-state index is -0.0703. The van der Waals surface area contributed by atoms with Gasteiger partial charge in [0, 0.05) is 17.0 Å². The predicted molar refractivity (Wildman–Crippen MR) is 86.4 cm³/mol. The average molecular weight is 317 g/mol. The standard InChI is InChI=1S/C17H19NO3S/c19-17(18-11-16-4-2-10-22-16)13-5-7-14(8-6-13)21-12-15-3-1-9-20-15/h2,4-8,10,15H,1,3,9,11-12H2,(H,18,19)/t15-/m0/s1. The van der Waals surface area contributed by atoms with Gasteiger partial charge >= 0.3 is 0 Å². The molecule has 1 aromatic carbocycles. The van der Waals surface area contributed by atoms with Gasteiger partial charge in [0.2, 0.25) is 0 Å². The lowest BCUT2D eigenvalue weighted by molar-refractivity contribution is 0.0679. The van der Waals surface area contributed by atoms with Crippen LogP contribution in [0, 0.1) is 0 Å². The van der Waals surface area contributed by atoms with E-state index >= 15 is 0 Å². The molecule has 1 N–H and O–H groups in total. The van der Waals surface area contributed by atoms with E-state index in [4.69, 9.17) is 9.47 Å². The van der Waals surface area contributed by atoms with Crippen LogP contribution in [0.1, 0.15) is 28.1 Å².